The van der Waals surface area contributed by atoms with E-state index in [1.807, 2.05) is 0 Å². The summed E-state index contributed by atoms with van der Waals surface area (Å²) in [5.74, 6) is 0. The van der Waals surface area contributed by atoms with Gasteiger partial charge >= 0.3 is 0 Å². The molecule has 0 heterocycles. The van der Waals surface area contributed by atoms with E-state index in [2.05, 4.69) is 119 Å². The van der Waals surface area contributed by atoms with Gasteiger partial charge in [0.1, 0.15) is 8.22 Å². The van der Waals surface area contributed by atoms with Crippen LogP contribution in [0.1, 0.15) is 0 Å². The summed E-state index contributed by atoms with van der Waals surface area (Å²) in [4.78, 5) is 0. The molecule has 0 radical (unpaired) electrons. The molecule has 0 aromatic heterocycles. The molecule has 0 aromatic carbocycles. The van der Waals surface area contributed by atoms with Crippen LogP contribution in [-0.2, 0) is 0 Å². The molecular weight excluding hydrogens is 361 g/mol. The van der Waals surface area contributed by atoms with Crippen LogP contribution in [0.4, 0.5) is 0 Å². The second-order valence-corrected chi connectivity index (χ2v) is 16.2. The van der Waals surface area contributed by atoms with Crippen LogP contribution in [0.3, 0.4) is 0 Å². The molecule has 0 aliphatic carbocycles. The van der Waals surface area contributed by atoms with Crippen molar-refractivity contribution in [2.75, 3.05) is 91.2 Å². The highest BCUT2D eigenvalue weighted by Crippen LogP contribution is 2.66. The van der Waals surface area contributed by atoms with Gasteiger partial charge in [0.15, 0.2) is 15.0 Å². The minimum absolute atomic E-state index is 0.852. The van der Waals surface area contributed by atoms with Crippen molar-refractivity contribution in [3.05, 3.63) is 0 Å². The second kappa shape index (κ2) is 9.55. The van der Waals surface area contributed by atoms with Crippen LogP contribution in [0.2, 0.25) is 0 Å². The molecule has 0 bridgehead atoms. The average molecular weight is 400 g/mol. The zero-order chi connectivity index (χ0) is 19.5. The fraction of sp³-hybridized carbons (Fsp3) is 1.00. The molecule has 11 heteroatoms. The van der Waals surface area contributed by atoms with E-state index in [9.17, 15) is 0 Å². The first-order valence-corrected chi connectivity index (χ1v) is 12.7. The van der Waals surface area contributed by atoms with Crippen LogP contribution in [-0.4, -0.2) is 119 Å². The SMILES string of the molecule is CN(C)P(=NP(C)N=P(N(C)C)(N(C)C)N(C)C)(N(C)C)N(C)C. The highest BCUT2D eigenvalue weighted by Gasteiger charge is 2.32. The number of hydrogen-bond acceptors (Lipinski definition) is 2. The summed E-state index contributed by atoms with van der Waals surface area (Å²) in [6.45, 7) is 2.16. The smallest absolute Gasteiger partial charge is 0.171 e. The monoisotopic (exact) mass is 400 g/mol. The van der Waals surface area contributed by atoms with Gasteiger partial charge in [-0.15, -0.1) is 0 Å². The molecule has 0 spiro atoms. The Morgan fingerprint density at radius 2 is 0.625 bits per heavy atom. The predicted molar refractivity (Wildman–Crippen MR) is 114 cm³/mol. The van der Waals surface area contributed by atoms with Crippen LogP contribution in [0, 0.1) is 0 Å². The second-order valence-electron chi connectivity index (χ2n) is 6.82. The van der Waals surface area contributed by atoms with Gasteiger partial charge in [-0.1, -0.05) is 0 Å². The largest absolute Gasteiger partial charge is 0.252 e. The van der Waals surface area contributed by atoms with E-state index in [4.69, 9.17) is 9.03 Å². The molecule has 0 unspecified atom stereocenters. The van der Waals surface area contributed by atoms with Gasteiger partial charge < -0.3 is 0 Å². The molecule has 0 fully saturated rings. The summed E-state index contributed by atoms with van der Waals surface area (Å²) in [7, 11) is 20.5. The van der Waals surface area contributed by atoms with Crippen molar-refractivity contribution in [2.45, 2.75) is 0 Å². The summed E-state index contributed by atoms with van der Waals surface area (Å²) in [6, 6.07) is 0. The Morgan fingerprint density at radius 3 is 0.750 bits per heavy atom. The van der Waals surface area contributed by atoms with Gasteiger partial charge in [-0.25, -0.2) is 9.03 Å². The molecule has 8 nitrogen and oxygen atoms in total. The van der Waals surface area contributed by atoms with Crippen molar-refractivity contribution in [3.63, 3.8) is 0 Å². The van der Waals surface area contributed by atoms with E-state index >= 15 is 0 Å². The minimum atomic E-state index is -1.92. The first kappa shape index (κ1) is 24.7. The summed E-state index contributed by atoms with van der Waals surface area (Å²) < 4.78 is 24.0. The fourth-order valence-corrected chi connectivity index (χ4v) is 14.4. The Bertz CT molecular complexity index is 398. The number of nitrogens with zero attached hydrogens (tertiary/aromatic N) is 8. The Morgan fingerprint density at radius 1 is 0.458 bits per heavy atom. The van der Waals surface area contributed by atoms with Crippen molar-refractivity contribution in [2.24, 2.45) is 9.03 Å². The van der Waals surface area contributed by atoms with E-state index in [1.165, 1.54) is 0 Å². The van der Waals surface area contributed by atoms with Crippen LogP contribution in [0.25, 0.3) is 0 Å². The molecular formula is C13H39N8P3. The fourth-order valence-electron chi connectivity index (χ4n) is 2.99. The van der Waals surface area contributed by atoms with Gasteiger partial charge in [0.2, 0.25) is 0 Å². The van der Waals surface area contributed by atoms with E-state index in [1.54, 1.807) is 0 Å². The molecule has 0 saturated heterocycles. The molecule has 0 atom stereocenters. The maximum absolute atomic E-state index is 5.27. The lowest BCUT2D eigenvalue weighted by molar-refractivity contribution is 0.474. The Hall–Kier alpha value is 0.650. The molecule has 0 amide bonds. The van der Waals surface area contributed by atoms with E-state index in [0.29, 0.717) is 0 Å². The van der Waals surface area contributed by atoms with E-state index in [0.717, 1.165) is 0 Å². The quantitative estimate of drug-likeness (QED) is 0.583. The Kier molecular flexibility index (Phi) is 9.81. The zero-order valence-corrected chi connectivity index (χ0v) is 20.6. The number of hydrogen-bond donors (Lipinski definition) is 0. The molecule has 0 aromatic rings. The third-order valence-corrected chi connectivity index (χ3v) is 14.1. The van der Waals surface area contributed by atoms with Gasteiger partial charge in [-0.2, -0.15) is 0 Å². The topological polar surface area (TPSA) is 44.2 Å². The maximum atomic E-state index is 5.27. The van der Waals surface area contributed by atoms with E-state index in [-0.39, 0.29) is 0 Å². The Balaban J connectivity index is 6.45. The first-order valence-electron chi connectivity index (χ1n) is 7.81. The molecule has 24 heavy (non-hydrogen) atoms. The third kappa shape index (κ3) is 4.88. The molecule has 0 aliphatic rings. The number of rotatable bonds is 8. The lowest BCUT2D eigenvalue weighted by Gasteiger charge is -2.43. The van der Waals surface area contributed by atoms with Gasteiger partial charge in [0.05, 0.1) is 0 Å². The van der Waals surface area contributed by atoms with Crippen LogP contribution in [0.15, 0.2) is 9.03 Å². The maximum Gasteiger partial charge on any atom is 0.171 e. The van der Waals surface area contributed by atoms with E-state index < -0.39 is 23.2 Å². The lowest BCUT2D eigenvalue weighted by Crippen LogP contribution is -2.31. The van der Waals surface area contributed by atoms with Gasteiger partial charge in [-0.05, 0) is 91.2 Å². The lowest BCUT2D eigenvalue weighted by atomic mass is 11.2. The van der Waals surface area contributed by atoms with Crippen molar-refractivity contribution in [1.29, 1.82) is 0 Å². The average Bonchev–Trinajstić information content (AvgIpc) is 2.39. The zero-order valence-electron chi connectivity index (χ0n) is 17.9. The summed E-state index contributed by atoms with van der Waals surface area (Å²) in [5.41, 5.74) is 0. The molecule has 0 aliphatic heterocycles. The Labute approximate surface area is 152 Å². The highest BCUT2D eigenvalue weighted by atomic mass is 31.2. The summed E-state index contributed by atoms with van der Waals surface area (Å²) in [6.07, 6.45) is 0. The molecule has 146 valence electrons. The minimum Gasteiger partial charge on any atom is -0.252 e. The third-order valence-electron chi connectivity index (χ3n) is 3.72. The standard InChI is InChI=1S/C13H39N8P3/c1-16(2)23(17(3)4,18(5)6)14-22(13)15-24(19(7)8,20(9)10)21(11)12/h1-13H3. The normalized spacial score (nSPS) is 14.2. The van der Waals surface area contributed by atoms with Gasteiger partial charge in [0.25, 0.3) is 0 Å². The predicted octanol–water partition coefficient (Wildman–Crippen LogP) is 3.19. The molecule has 0 rings (SSSR count). The van der Waals surface area contributed by atoms with Crippen molar-refractivity contribution < 1.29 is 0 Å². The molecule has 0 saturated carbocycles. The van der Waals surface area contributed by atoms with Gasteiger partial charge in [0, 0.05) is 0 Å². The van der Waals surface area contributed by atoms with Gasteiger partial charge in [-0.3, -0.25) is 28.0 Å². The van der Waals surface area contributed by atoms with Crippen LogP contribution >= 0.6 is 23.2 Å². The van der Waals surface area contributed by atoms with Crippen LogP contribution < -0.4 is 0 Å². The van der Waals surface area contributed by atoms with Crippen LogP contribution in [0.5, 0.6) is 0 Å². The molecule has 0 N–H and O–H groups in total. The first-order chi connectivity index (χ1) is 10.8. The summed E-state index contributed by atoms with van der Waals surface area (Å²) >= 11 is 0. The summed E-state index contributed by atoms with van der Waals surface area (Å²) in [5, 5.41) is 0. The van der Waals surface area contributed by atoms with Crippen molar-refractivity contribution >= 4 is 23.2 Å². The van der Waals surface area contributed by atoms with Crippen molar-refractivity contribution in [3.8, 4) is 0 Å². The highest BCUT2D eigenvalue weighted by molar-refractivity contribution is 7.73. The van der Waals surface area contributed by atoms with Crippen molar-refractivity contribution in [1.82, 2.24) is 28.0 Å².